The van der Waals surface area contributed by atoms with E-state index in [2.05, 4.69) is 57.4 Å². The summed E-state index contributed by atoms with van der Waals surface area (Å²) in [5.41, 5.74) is 1.35. The lowest BCUT2D eigenvalue weighted by Gasteiger charge is -2.25. The number of hydrogen-bond donors (Lipinski definition) is 1. The molecule has 0 spiro atoms. The zero-order chi connectivity index (χ0) is 24.1. The molecular weight excluding hydrogens is 434 g/mol. The molecule has 0 aliphatic carbocycles. The van der Waals surface area contributed by atoms with Crippen LogP contribution in [-0.2, 0) is 6.54 Å². The molecule has 0 bridgehead atoms. The second kappa shape index (κ2) is 14.3. The summed E-state index contributed by atoms with van der Waals surface area (Å²) < 4.78 is 5.94. The predicted octanol–water partition coefficient (Wildman–Crippen LogP) is 6.28. The molecule has 0 saturated carbocycles. The smallest absolute Gasteiger partial charge is 0.224 e. The third-order valence-electron chi connectivity index (χ3n) is 7.39. The highest BCUT2D eigenvalue weighted by Gasteiger charge is 2.24. The number of unbranched alkanes of at least 4 members (excludes halogenated alkanes) is 4. The molecular formula is C29H45N5O. The minimum absolute atomic E-state index is 0.513. The molecule has 2 aliphatic heterocycles. The topological polar surface area (TPSA) is 53.5 Å². The van der Waals surface area contributed by atoms with E-state index in [9.17, 15) is 0 Å². The summed E-state index contributed by atoms with van der Waals surface area (Å²) in [6, 6.07) is 11.3. The first-order valence-electron chi connectivity index (χ1n) is 14.1. The van der Waals surface area contributed by atoms with Crippen molar-refractivity contribution >= 4 is 11.8 Å². The fourth-order valence-corrected chi connectivity index (χ4v) is 5.28. The van der Waals surface area contributed by atoms with Gasteiger partial charge in [-0.05, 0) is 62.4 Å². The van der Waals surface area contributed by atoms with E-state index >= 15 is 0 Å². The Balaban J connectivity index is 1.22. The van der Waals surface area contributed by atoms with E-state index < -0.39 is 0 Å². The van der Waals surface area contributed by atoms with Gasteiger partial charge in [-0.25, -0.2) is 4.98 Å². The largest absolute Gasteiger partial charge is 0.494 e. The lowest BCUT2D eigenvalue weighted by molar-refractivity contribution is 0.253. The number of benzene rings is 1. The van der Waals surface area contributed by atoms with E-state index in [0.717, 1.165) is 63.3 Å². The average molecular weight is 480 g/mol. The van der Waals surface area contributed by atoms with Crippen LogP contribution in [0.25, 0.3) is 0 Å². The van der Waals surface area contributed by atoms with Gasteiger partial charge in [0.2, 0.25) is 5.95 Å². The maximum atomic E-state index is 5.94. The van der Waals surface area contributed by atoms with Gasteiger partial charge in [-0.3, -0.25) is 4.90 Å². The van der Waals surface area contributed by atoms with Crippen molar-refractivity contribution in [2.75, 3.05) is 43.0 Å². The Morgan fingerprint density at radius 3 is 2.51 bits per heavy atom. The number of rotatable bonds is 13. The zero-order valence-electron chi connectivity index (χ0n) is 21.8. The molecule has 1 atom stereocenters. The van der Waals surface area contributed by atoms with Crippen molar-refractivity contribution in [3.63, 3.8) is 0 Å². The Kier molecular flexibility index (Phi) is 10.5. The summed E-state index contributed by atoms with van der Waals surface area (Å²) in [4.78, 5) is 14.3. The monoisotopic (exact) mass is 479 g/mol. The Hall–Kier alpha value is -2.34. The van der Waals surface area contributed by atoms with Gasteiger partial charge in [0.05, 0.1) is 6.61 Å². The summed E-state index contributed by atoms with van der Waals surface area (Å²) >= 11 is 0. The molecule has 6 heteroatoms. The Morgan fingerprint density at radius 2 is 1.71 bits per heavy atom. The number of aromatic nitrogens is 2. The first-order chi connectivity index (χ1) is 17.3. The van der Waals surface area contributed by atoms with Crippen LogP contribution < -0.4 is 15.0 Å². The normalized spacial score (nSPS) is 19.0. The van der Waals surface area contributed by atoms with Gasteiger partial charge in [-0.1, -0.05) is 57.6 Å². The molecule has 1 N–H and O–H groups in total. The Labute approximate surface area is 212 Å². The maximum Gasteiger partial charge on any atom is 0.224 e. The van der Waals surface area contributed by atoms with Crippen LogP contribution in [0.5, 0.6) is 5.75 Å². The summed E-state index contributed by atoms with van der Waals surface area (Å²) in [6.07, 6.45) is 15.9. The molecule has 1 unspecified atom stereocenters. The standard InChI is InChI=1S/C29H45N5O/c1-2-3-4-7-10-22-35-27-15-13-25(14-16-27)24-34-21-11-12-26(34)23-31-29-30-18-17-28(32-29)33-19-8-5-6-9-20-33/h13-18,26H,2-12,19-24H2,1H3,(H,30,31,32). The average Bonchev–Trinajstić information content (AvgIpc) is 3.15. The van der Waals surface area contributed by atoms with Crippen molar-refractivity contribution in [3.05, 3.63) is 42.1 Å². The van der Waals surface area contributed by atoms with E-state index in [1.807, 2.05) is 6.20 Å². The van der Waals surface area contributed by atoms with Crippen molar-refractivity contribution in [3.8, 4) is 5.75 Å². The molecule has 1 aromatic heterocycles. The molecule has 2 fully saturated rings. The van der Waals surface area contributed by atoms with Crippen LogP contribution in [0.3, 0.4) is 0 Å². The molecule has 2 aromatic rings. The van der Waals surface area contributed by atoms with E-state index in [4.69, 9.17) is 9.72 Å². The number of hydrogen-bond acceptors (Lipinski definition) is 6. The fraction of sp³-hybridized carbons (Fsp3) is 0.655. The summed E-state index contributed by atoms with van der Waals surface area (Å²) in [7, 11) is 0. The molecule has 192 valence electrons. The predicted molar refractivity (Wildman–Crippen MR) is 145 cm³/mol. The molecule has 4 rings (SSSR count). The van der Waals surface area contributed by atoms with Crippen LogP contribution in [0.1, 0.15) is 83.1 Å². The summed E-state index contributed by atoms with van der Waals surface area (Å²) in [5, 5.41) is 3.54. The van der Waals surface area contributed by atoms with Crippen LogP contribution in [0.2, 0.25) is 0 Å². The van der Waals surface area contributed by atoms with Gasteiger partial charge in [0, 0.05) is 38.4 Å². The highest BCUT2D eigenvalue weighted by Crippen LogP contribution is 2.23. The first kappa shape index (κ1) is 25.7. The minimum Gasteiger partial charge on any atom is -0.494 e. The lowest BCUT2D eigenvalue weighted by atomic mass is 10.1. The second-order valence-electron chi connectivity index (χ2n) is 10.2. The van der Waals surface area contributed by atoms with Gasteiger partial charge in [0.1, 0.15) is 11.6 Å². The molecule has 35 heavy (non-hydrogen) atoms. The van der Waals surface area contributed by atoms with Crippen LogP contribution in [-0.4, -0.2) is 53.7 Å². The van der Waals surface area contributed by atoms with E-state index in [-0.39, 0.29) is 0 Å². The van der Waals surface area contributed by atoms with Crippen LogP contribution >= 0.6 is 0 Å². The van der Waals surface area contributed by atoms with Gasteiger partial charge >= 0.3 is 0 Å². The molecule has 6 nitrogen and oxygen atoms in total. The van der Waals surface area contributed by atoms with Crippen molar-refractivity contribution in [1.82, 2.24) is 14.9 Å². The molecule has 2 aliphatic rings. The van der Waals surface area contributed by atoms with Crippen molar-refractivity contribution in [2.45, 2.75) is 90.1 Å². The fourth-order valence-electron chi connectivity index (χ4n) is 5.28. The number of likely N-dealkylation sites (tertiary alicyclic amines) is 1. The maximum absolute atomic E-state index is 5.94. The van der Waals surface area contributed by atoms with E-state index in [0.29, 0.717) is 6.04 Å². The van der Waals surface area contributed by atoms with Crippen LogP contribution in [0.15, 0.2) is 36.5 Å². The van der Waals surface area contributed by atoms with Crippen molar-refractivity contribution in [2.24, 2.45) is 0 Å². The highest BCUT2D eigenvalue weighted by atomic mass is 16.5. The van der Waals surface area contributed by atoms with E-state index in [1.165, 1.54) is 69.8 Å². The van der Waals surface area contributed by atoms with Gasteiger partial charge in [-0.2, -0.15) is 4.98 Å². The van der Waals surface area contributed by atoms with Gasteiger partial charge in [-0.15, -0.1) is 0 Å². The van der Waals surface area contributed by atoms with Crippen molar-refractivity contribution < 1.29 is 4.74 Å². The zero-order valence-corrected chi connectivity index (χ0v) is 21.8. The quantitative estimate of drug-likeness (QED) is 0.341. The molecule has 1 aromatic carbocycles. The second-order valence-corrected chi connectivity index (χ2v) is 10.2. The van der Waals surface area contributed by atoms with Crippen molar-refractivity contribution in [1.29, 1.82) is 0 Å². The summed E-state index contributed by atoms with van der Waals surface area (Å²) in [6.45, 7) is 8.32. The number of nitrogens with zero attached hydrogens (tertiary/aromatic N) is 4. The third-order valence-corrected chi connectivity index (χ3v) is 7.39. The number of ether oxygens (including phenoxy) is 1. The molecule has 2 saturated heterocycles. The molecule has 3 heterocycles. The Bertz CT molecular complexity index is 850. The van der Waals surface area contributed by atoms with Crippen LogP contribution in [0, 0.1) is 0 Å². The molecule has 0 amide bonds. The van der Waals surface area contributed by atoms with E-state index in [1.54, 1.807) is 0 Å². The SMILES string of the molecule is CCCCCCCOc1ccc(CN2CCCC2CNc2nccc(N3CCCCCC3)n2)cc1. The molecule has 0 radical (unpaired) electrons. The number of anilines is 2. The lowest BCUT2D eigenvalue weighted by Crippen LogP contribution is -2.34. The van der Waals surface area contributed by atoms with Gasteiger partial charge in [0.25, 0.3) is 0 Å². The Morgan fingerprint density at radius 1 is 0.914 bits per heavy atom. The highest BCUT2D eigenvalue weighted by molar-refractivity contribution is 5.42. The van der Waals surface area contributed by atoms with Gasteiger partial charge < -0.3 is 15.0 Å². The number of nitrogens with one attached hydrogen (secondary N) is 1. The van der Waals surface area contributed by atoms with Gasteiger partial charge in [0.15, 0.2) is 0 Å². The minimum atomic E-state index is 0.513. The van der Waals surface area contributed by atoms with Crippen LogP contribution in [0.4, 0.5) is 11.8 Å². The third kappa shape index (κ3) is 8.38. The summed E-state index contributed by atoms with van der Waals surface area (Å²) in [5.74, 6) is 2.82. The first-order valence-corrected chi connectivity index (χ1v) is 14.1.